The van der Waals surface area contributed by atoms with E-state index in [1.165, 1.54) is 17.8 Å². The van der Waals surface area contributed by atoms with Gasteiger partial charge in [-0.1, -0.05) is 18.2 Å². The maximum Gasteiger partial charge on any atom is 0.243 e. The Kier molecular flexibility index (Phi) is 5.40. The largest absolute Gasteiger partial charge is 0.350 e. The van der Waals surface area contributed by atoms with Gasteiger partial charge in [0.25, 0.3) is 0 Å². The van der Waals surface area contributed by atoms with Crippen LogP contribution in [0.4, 0.5) is 4.39 Å². The first-order chi connectivity index (χ1) is 11.6. The summed E-state index contributed by atoms with van der Waals surface area (Å²) in [6.07, 6.45) is 2.52. The van der Waals surface area contributed by atoms with E-state index in [0.29, 0.717) is 30.2 Å². The quantitative estimate of drug-likeness (QED) is 0.709. The maximum atomic E-state index is 13.7. The monoisotopic (exact) mass is 351 g/mol. The molecule has 0 radical (unpaired) electrons. The molecular weight excluding hydrogens is 329 g/mol. The number of amides is 2. The zero-order chi connectivity index (χ0) is 17.1. The summed E-state index contributed by atoms with van der Waals surface area (Å²) in [6.45, 7) is 0.417. The average molecular weight is 351 g/mol. The number of nitrogens with one attached hydrogen (secondary N) is 2. The van der Waals surface area contributed by atoms with Crippen LogP contribution in [-0.2, 0) is 16.0 Å². The molecule has 4 N–H and O–H groups in total. The first kappa shape index (κ1) is 17.2. The van der Waals surface area contributed by atoms with E-state index in [2.05, 4.69) is 10.6 Å². The molecule has 0 aromatic heterocycles. The number of halogens is 1. The van der Waals surface area contributed by atoms with Gasteiger partial charge in [0, 0.05) is 18.3 Å². The van der Waals surface area contributed by atoms with E-state index in [9.17, 15) is 14.0 Å². The van der Waals surface area contributed by atoms with Crippen molar-refractivity contribution in [2.45, 2.75) is 36.6 Å². The number of carbonyl (C=O) groups excluding carboxylic acids is 2. The van der Waals surface area contributed by atoms with Gasteiger partial charge in [-0.2, -0.15) is 0 Å². The molecule has 5 nitrogen and oxygen atoms in total. The van der Waals surface area contributed by atoms with Crippen LogP contribution in [0.25, 0.3) is 0 Å². The van der Waals surface area contributed by atoms with Crippen LogP contribution in [-0.4, -0.2) is 41.4 Å². The van der Waals surface area contributed by atoms with Crippen LogP contribution in [0.15, 0.2) is 24.3 Å². The Morgan fingerprint density at radius 1 is 1.42 bits per heavy atom. The van der Waals surface area contributed by atoms with Crippen molar-refractivity contribution in [2.24, 2.45) is 11.7 Å². The molecule has 3 atom stereocenters. The highest BCUT2D eigenvalue weighted by Crippen LogP contribution is 2.32. The van der Waals surface area contributed by atoms with E-state index in [1.54, 1.807) is 18.2 Å². The van der Waals surface area contributed by atoms with Crippen LogP contribution in [0.1, 0.15) is 18.4 Å². The lowest BCUT2D eigenvalue weighted by molar-refractivity contribution is -0.129. The summed E-state index contributed by atoms with van der Waals surface area (Å²) in [5.41, 5.74) is 6.22. The zero-order valence-corrected chi connectivity index (χ0v) is 14.2. The molecule has 1 aromatic carbocycles. The summed E-state index contributed by atoms with van der Waals surface area (Å²) >= 11 is 1.40. The van der Waals surface area contributed by atoms with Crippen LogP contribution >= 0.6 is 11.8 Å². The number of benzene rings is 1. The van der Waals surface area contributed by atoms with Crippen LogP contribution in [0.2, 0.25) is 0 Å². The lowest BCUT2D eigenvalue weighted by atomic mass is 10.1. The van der Waals surface area contributed by atoms with Gasteiger partial charge in [0.2, 0.25) is 11.8 Å². The Morgan fingerprint density at radius 3 is 2.79 bits per heavy atom. The Morgan fingerprint density at radius 2 is 2.17 bits per heavy atom. The molecule has 2 amide bonds. The van der Waals surface area contributed by atoms with Crippen LogP contribution in [0, 0.1) is 11.7 Å². The SMILES string of the molecule is NCC(NC(=O)C1CSC(Cc2ccccc2F)C(=O)N1)C1CC1. The molecule has 1 aliphatic carbocycles. The molecule has 7 heteroatoms. The topological polar surface area (TPSA) is 84.2 Å². The lowest BCUT2D eigenvalue weighted by Crippen LogP contribution is -2.57. The highest BCUT2D eigenvalue weighted by molar-refractivity contribution is 8.00. The number of thioether (sulfide) groups is 1. The second kappa shape index (κ2) is 7.53. The molecular formula is C17H22FN3O2S. The van der Waals surface area contributed by atoms with Gasteiger partial charge < -0.3 is 16.4 Å². The average Bonchev–Trinajstić information content (AvgIpc) is 3.41. The van der Waals surface area contributed by atoms with Crippen molar-refractivity contribution >= 4 is 23.6 Å². The van der Waals surface area contributed by atoms with Crippen molar-refractivity contribution < 1.29 is 14.0 Å². The lowest BCUT2D eigenvalue weighted by Gasteiger charge is -2.29. The van der Waals surface area contributed by atoms with Gasteiger partial charge in [-0.3, -0.25) is 9.59 Å². The minimum Gasteiger partial charge on any atom is -0.350 e. The Balaban J connectivity index is 1.54. The number of nitrogens with two attached hydrogens (primary N) is 1. The summed E-state index contributed by atoms with van der Waals surface area (Å²) in [4.78, 5) is 24.6. The number of hydrogen-bond donors (Lipinski definition) is 3. The summed E-state index contributed by atoms with van der Waals surface area (Å²) in [7, 11) is 0. The normalized spacial score (nSPS) is 25.0. The molecule has 24 heavy (non-hydrogen) atoms. The van der Waals surface area contributed by atoms with Crippen LogP contribution in [0.3, 0.4) is 0 Å². The highest BCUT2D eigenvalue weighted by atomic mass is 32.2. The third kappa shape index (κ3) is 4.08. The van der Waals surface area contributed by atoms with Gasteiger partial charge in [-0.25, -0.2) is 4.39 Å². The van der Waals surface area contributed by atoms with E-state index in [4.69, 9.17) is 5.73 Å². The first-order valence-electron chi connectivity index (χ1n) is 8.24. The van der Waals surface area contributed by atoms with E-state index in [1.807, 2.05) is 0 Å². The summed E-state index contributed by atoms with van der Waals surface area (Å²) in [5.74, 6) is 0.257. The summed E-state index contributed by atoms with van der Waals surface area (Å²) in [5, 5.41) is 5.32. The molecule has 130 valence electrons. The molecule has 0 spiro atoms. The van der Waals surface area contributed by atoms with Gasteiger partial charge in [-0.15, -0.1) is 11.8 Å². The molecule has 1 saturated heterocycles. The van der Waals surface area contributed by atoms with Crippen molar-refractivity contribution in [1.29, 1.82) is 0 Å². The van der Waals surface area contributed by atoms with Crippen molar-refractivity contribution in [3.05, 3.63) is 35.6 Å². The Bertz CT molecular complexity index is 624. The van der Waals surface area contributed by atoms with E-state index in [-0.39, 0.29) is 28.9 Å². The summed E-state index contributed by atoms with van der Waals surface area (Å²) < 4.78 is 13.7. The van der Waals surface area contributed by atoms with Crippen molar-refractivity contribution in [3.63, 3.8) is 0 Å². The van der Waals surface area contributed by atoms with Crippen molar-refractivity contribution in [2.75, 3.05) is 12.3 Å². The Labute approximate surface area is 144 Å². The minimum atomic E-state index is -0.549. The number of carbonyl (C=O) groups is 2. The third-order valence-corrected chi connectivity index (χ3v) is 5.83. The van der Waals surface area contributed by atoms with E-state index < -0.39 is 6.04 Å². The molecule has 2 fully saturated rings. The third-order valence-electron chi connectivity index (χ3n) is 4.53. The van der Waals surface area contributed by atoms with Gasteiger partial charge in [0.1, 0.15) is 11.9 Å². The number of rotatable bonds is 6. The highest BCUT2D eigenvalue weighted by Gasteiger charge is 2.36. The second-order valence-electron chi connectivity index (χ2n) is 6.37. The molecule has 2 aliphatic rings. The molecule has 3 unspecified atom stereocenters. The molecule has 1 saturated carbocycles. The minimum absolute atomic E-state index is 0.00413. The second-order valence-corrected chi connectivity index (χ2v) is 7.60. The van der Waals surface area contributed by atoms with Gasteiger partial charge in [-0.05, 0) is 36.8 Å². The Hall–Kier alpha value is -1.60. The smallest absolute Gasteiger partial charge is 0.243 e. The van der Waals surface area contributed by atoms with Crippen molar-refractivity contribution in [3.8, 4) is 0 Å². The molecule has 1 aromatic rings. The van der Waals surface area contributed by atoms with Crippen LogP contribution in [0.5, 0.6) is 0 Å². The van der Waals surface area contributed by atoms with Gasteiger partial charge in [0.05, 0.1) is 5.25 Å². The van der Waals surface area contributed by atoms with Gasteiger partial charge in [0.15, 0.2) is 0 Å². The summed E-state index contributed by atoms with van der Waals surface area (Å²) in [6, 6.07) is 5.90. The van der Waals surface area contributed by atoms with Crippen LogP contribution < -0.4 is 16.4 Å². The molecule has 3 rings (SSSR count). The number of hydrogen-bond acceptors (Lipinski definition) is 4. The fourth-order valence-corrected chi connectivity index (χ4v) is 4.08. The molecule has 0 bridgehead atoms. The fourth-order valence-electron chi connectivity index (χ4n) is 2.90. The fraction of sp³-hybridized carbons (Fsp3) is 0.529. The maximum absolute atomic E-state index is 13.7. The molecule has 1 aliphatic heterocycles. The first-order valence-corrected chi connectivity index (χ1v) is 9.29. The zero-order valence-electron chi connectivity index (χ0n) is 13.3. The van der Waals surface area contributed by atoms with E-state index in [0.717, 1.165) is 12.8 Å². The predicted molar refractivity (Wildman–Crippen MR) is 92.0 cm³/mol. The van der Waals surface area contributed by atoms with E-state index >= 15 is 0 Å². The van der Waals surface area contributed by atoms with Crippen molar-refractivity contribution in [1.82, 2.24) is 10.6 Å². The molecule has 1 heterocycles. The van der Waals surface area contributed by atoms with Gasteiger partial charge >= 0.3 is 0 Å². The standard InChI is InChI=1S/C17H22FN3O2S/c18-12-4-2-1-3-11(12)7-15-17(23)21-14(9-24-15)16(22)20-13(8-19)10-5-6-10/h1-4,10,13-15H,5-9,19H2,(H,20,22)(H,21,23). The predicted octanol–water partition coefficient (Wildman–Crippen LogP) is 0.822.